The maximum atomic E-state index is 12.7. The summed E-state index contributed by atoms with van der Waals surface area (Å²) in [6.45, 7) is 8.50. The van der Waals surface area contributed by atoms with Crippen molar-refractivity contribution in [2.24, 2.45) is 11.1 Å². The van der Waals surface area contributed by atoms with Crippen LogP contribution < -0.4 is 10.6 Å². The lowest BCUT2D eigenvalue weighted by Crippen LogP contribution is -2.54. The topological polar surface area (TPSA) is 114 Å². The minimum atomic E-state index is -1.06. The Morgan fingerprint density at radius 3 is 2.15 bits per heavy atom. The highest BCUT2D eigenvalue weighted by Gasteiger charge is 2.30. The second-order valence-electron chi connectivity index (χ2n) is 7.55. The van der Waals surface area contributed by atoms with Gasteiger partial charge in [0.1, 0.15) is 17.7 Å². The van der Waals surface area contributed by atoms with E-state index in [9.17, 15) is 19.3 Å². The Kier molecular flexibility index (Phi) is 8.08. The number of nitrogens with zero attached hydrogens (tertiary/aromatic N) is 1. The third kappa shape index (κ3) is 7.98. The number of hydrogen-bond acceptors (Lipinski definition) is 5. The summed E-state index contributed by atoms with van der Waals surface area (Å²) in [6.07, 6.45) is -0.557. The van der Waals surface area contributed by atoms with E-state index in [-0.39, 0.29) is 12.3 Å². The second-order valence-corrected chi connectivity index (χ2v) is 7.55. The van der Waals surface area contributed by atoms with Crippen molar-refractivity contribution >= 4 is 17.9 Å². The molecule has 3 amide bonds. The van der Waals surface area contributed by atoms with E-state index < -0.39 is 35.6 Å². The minimum Gasteiger partial charge on any atom is -0.444 e. The Bertz CT molecular complexity index is 668. The van der Waals surface area contributed by atoms with Gasteiger partial charge >= 0.3 is 12.0 Å². The van der Waals surface area contributed by atoms with E-state index >= 15 is 0 Å². The van der Waals surface area contributed by atoms with Crippen molar-refractivity contribution in [1.82, 2.24) is 10.6 Å². The van der Waals surface area contributed by atoms with E-state index in [0.717, 1.165) is 5.56 Å². The van der Waals surface area contributed by atoms with Gasteiger partial charge in [-0.2, -0.15) is 0 Å². The normalized spacial score (nSPS) is 13.4. The molecular weight excluding hydrogens is 350 g/mol. The number of carbonyl (C=O) groups excluding carboxylic acids is 3. The van der Waals surface area contributed by atoms with Crippen LogP contribution in [0.15, 0.2) is 35.5 Å². The third-order valence-corrected chi connectivity index (χ3v) is 3.61. The van der Waals surface area contributed by atoms with Crippen molar-refractivity contribution in [3.63, 3.8) is 0 Å². The molecule has 1 aromatic carbocycles. The van der Waals surface area contributed by atoms with Crippen molar-refractivity contribution in [1.29, 1.82) is 0 Å². The first kappa shape index (κ1) is 22.3. The highest BCUT2D eigenvalue weighted by Crippen LogP contribution is 2.10. The molecule has 2 N–H and O–H groups in total. The molecule has 0 bridgehead atoms. The van der Waals surface area contributed by atoms with Crippen LogP contribution in [0.3, 0.4) is 0 Å². The average Bonchev–Trinajstić information content (AvgIpc) is 2.57. The number of ether oxygens (including phenoxy) is 1. The summed E-state index contributed by atoms with van der Waals surface area (Å²) < 4.78 is 5.21. The Hall–Kier alpha value is -2.77. The number of nitroso groups, excluding NO2 is 1. The fraction of sp³-hybridized carbons (Fsp3) is 0.526. The molecule has 2 atom stereocenters. The first-order chi connectivity index (χ1) is 12.5. The molecule has 0 saturated carbocycles. The summed E-state index contributed by atoms with van der Waals surface area (Å²) in [5.41, 5.74) is 0.0880. The molecule has 0 unspecified atom stereocenters. The highest BCUT2D eigenvalue weighted by molar-refractivity contribution is 5.91. The van der Waals surface area contributed by atoms with E-state index in [2.05, 4.69) is 15.8 Å². The molecule has 1 rings (SSSR count). The van der Waals surface area contributed by atoms with Crippen LogP contribution >= 0.6 is 0 Å². The molecule has 0 aromatic heterocycles. The van der Waals surface area contributed by atoms with Gasteiger partial charge in [-0.1, -0.05) is 44.2 Å². The molecule has 0 heterocycles. The fourth-order valence-corrected chi connectivity index (χ4v) is 2.33. The second kappa shape index (κ2) is 9.80. The van der Waals surface area contributed by atoms with Crippen LogP contribution in [0.2, 0.25) is 0 Å². The lowest BCUT2D eigenvalue weighted by molar-refractivity contribution is -0.129. The predicted molar refractivity (Wildman–Crippen MR) is 101 cm³/mol. The Labute approximate surface area is 159 Å². The lowest BCUT2D eigenvalue weighted by Gasteiger charge is -2.25. The number of nitrogens with one attached hydrogen (secondary N) is 2. The summed E-state index contributed by atoms with van der Waals surface area (Å²) in [4.78, 5) is 47.1. The van der Waals surface area contributed by atoms with Crippen molar-refractivity contribution in [2.75, 3.05) is 0 Å². The molecule has 0 saturated heterocycles. The minimum absolute atomic E-state index is 0.194. The monoisotopic (exact) mass is 377 g/mol. The molecule has 1 aromatic rings. The summed E-state index contributed by atoms with van der Waals surface area (Å²) in [7, 11) is 0. The summed E-state index contributed by atoms with van der Waals surface area (Å²) in [5.74, 6) is -1.90. The van der Waals surface area contributed by atoms with Crippen LogP contribution in [-0.4, -0.2) is 35.6 Å². The Morgan fingerprint density at radius 2 is 1.67 bits per heavy atom. The van der Waals surface area contributed by atoms with Gasteiger partial charge in [0.25, 0.3) is 0 Å². The fourth-order valence-electron chi connectivity index (χ4n) is 2.33. The van der Waals surface area contributed by atoms with Gasteiger partial charge < -0.3 is 15.4 Å². The number of benzene rings is 1. The molecule has 27 heavy (non-hydrogen) atoms. The van der Waals surface area contributed by atoms with Gasteiger partial charge in [0.2, 0.25) is 5.91 Å². The van der Waals surface area contributed by atoms with Gasteiger partial charge in [0.05, 0.1) is 0 Å². The molecule has 0 aliphatic heterocycles. The number of hydrogen-bond donors (Lipinski definition) is 2. The molecule has 8 nitrogen and oxygen atoms in total. The molecule has 0 radical (unpaired) electrons. The molecular formula is C19H27N3O5. The molecule has 8 heteroatoms. The highest BCUT2D eigenvalue weighted by atomic mass is 16.6. The molecule has 148 valence electrons. The van der Waals surface area contributed by atoms with E-state index in [4.69, 9.17) is 4.74 Å². The van der Waals surface area contributed by atoms with Gasteiger partial charge in [-0.15, -0.1) is 4.91 Å². The summed E-state index contributed by atoms with van der Waals surface area (Å²) in [6, 6.07) is 7.05. The van der Waals surface area contributed by atoms with E-state index in [0.29, 0.717) is 0 Å². The van der Waals surface area contributed by atoms with Gasteiger partial charge in [-0.25, -0.2) is 4.79 Å². The molecule has 0 aliphatic rings. The number of rotatable bonds is 7. The third-order valence-electron chi connectivity index (χ3n) is 3.61. The van der Waals surface area contributed by atoms with Gasteiger partial charge in [0.15, 0.2) is 0 Å². The zero-order valence-electron chi connectivity index (χ0n) is 16.3. The van der Waals surface area contributed by atoms with Crippen molar-refractivity contribution in [3.05, 3.63) is 40.8 Å². The summed E-state index contributed by atoms with van der Waals surface area (Å²) >= 11 is 0. The van der Waals surface area contributed by atoms with E-state index in [1.807, 2.05) is 30.3 Å². The lowest BCUT2D eigenvalue weighted by atomic mass is 10.0. The van der Waals surface area contributed by atoms with Crippen LogP contribution in [0.5, 0.6) is 0 Å². The standard InChI is InChI=1S/C19H27N3O5/c1-12(2)15(17(24)22-26)21-16(23)14(11-13-9-7-6-8-10-13)20-18(25)27-19(3,4)5/h6-10,12,14-15H,11H2,1-5H3,(H,20,25)(H,21,23)/t14-,15-/m0/s1. The molecule has 0 fully saturated rings. The first-order valence-corrected chi connectivity index (χ1v) is 8.74. The maximum Gasteiger partial charge on any atom is 0.408 e. The Morgan fingerprint density at radius 1 is 1.07 bits per heavy atom. The maximum absolute atomic E-state index is 12.7. The van der Waals surface area contributed by atoms with E-state index in [1.165, 1.54) is 0 Å². The first-order valence-electron chi connectivity index (χ1n) is 8.74. The quantitative estimate of drug-likeness (QED) is 0.709. The number of amides is 3. The van der Waals surface area contributed by atoms with Crippen LogP contribution in [0, 0.1) is 10.8 Å². The van der Waals surface area contributed by atoms with Gasteiger partial charge in [0, 0.05) is 11.6 Å². The van der Waals surface area contributed by atoms with Crippen LogP contribution in [0.25, 0.3) is 0 Å². The van der Waals surface area contributed by atoms with E-state index in [1.54, 1.807) is 34.6 Å². The van der Waals surface area contributed by atoms with Crippen molar-refractivity contribution in [2.45, 2.75) is 58.7 Å². The largest absolute Gasteiger partial charge is 0.444 e. The van der Waals surface area contributed by atoms with Crippen LogP contribution in [0.1, 0.15) is 40.2 Å². The summed E-state index contributed by atoms with van der Waals surface area (Å²) in [5, 5.41) is 7.43. The zero-order valence-corrected chi connectivity index (χ0v) is 16.3. The average molecular weight is 377 g/mol. The zero-order chi connectivity index (χ0) is 20.6. The van der Waals surface area contributed by atoms with Crippen molar-refractivity contribution < 1.29 is 19.1 Å². The molecule has 0 aliphatic carbocycles. The van der Waals surface area contributed by atoms with Crippen LogP contribution in [-0.2, 0) is 20.7 Å². The molecule has 0 spiro atoms. The SMILES string of the molecule is CC(C)[C@H](NC(=O)[C@H](Cc1ccccc1)NC(=O)OC(C)(C)C)C(=O)N=O. The van der Waals surface area contributed by atoms with Gasteiger partial charge in [-0.05, 0) is 32.3 Å². The van der Waals surface area contributed by atoms with Crippen molar-refractivity contribution in [3.8, 4) is 0 Å². The number of alkyl carbamates (subject to hydrolysis) is 1. The predicted octanol–water partition coefficient (Wildman–Crippen LogP) is 2.56. The van der Waals surface area contributed by atoms with Crippen LogP contribution in [0.4, 0.5) is 4.79 Å². The Balaban J connectivity index is 2.97. The number of carbonyl (C=O) groups is 3. The van der Waals surface area contributed by atoms with Gasteiger partial charge in [-0.3, -0.25) is 9.59 Å². The smallest absolute Gasteiger partial charge is 0.408 e.